The number of hydrogen-bond acceptors (Lipinski definition) is 2. The molecule has 1 heterocycles. The first-order valence-electron chi connectivity index (χ1n) is 5.60. The maximum atomic E-state index is 13.6. The van der Waals surface area contributed by atoms with Gasteiger partial charge in [0, 0.05) is 17.4 Å². The van der Waals surface area contributed by atoms with E-state index in [-0.39, 0.29) is 16.2 Å². The molecule has 1 fully saturated rings. The molecule has 1 aromatic rings. The van der Waals surface area contributed by atoms with Crippen LogP contribution in [0.5, 0.6) is 0 Å². The molecule has 1 aliphatic rings. The van der Waals surface area contributed by atoms with Crippen LogP contribution in [0.4, 0.5) is 14.5 Å². The Hall–Kier alpha value is -0.290. The predicted octanol–water partition coefficient (Wildman–Crippen LogP) is 4.42. The first-order valence-corrected chi connectivity index (χ1v) is 7.45. The van der Waals surface area contributed by atoms with Gasteiger partial charge < -0.3 is 5.32 Å². The van der Waals surface area contributed by atoms with E-state index >= 15 is 0 Å². The number of hydrogen-bond donors (Lipinski definition) is 1. The summed E-state index contributed by atoms with van der Waals surface area (Å²) in [5.41, 5.74) is 0.255. The summed E-state index contributed by atoms with van der Waals surface area (Å²) in [5.74, 6) is 0.294. The fourth-order valence-electron chi connectivity index (χ4n) is 1.95. The van der Waals surface area contributed by atoms with Crippen LogP contribution in [0.25, 0.3) is 0 Å². The number of anilines is 1. The van der Waals surface area contributed by atoms with Crippen LogP contribution in [0.1, 0.15) is 19.8 Å². The molecule has 0 saturated carbocycles. The molecule has 0 bridgehead atoms. The Morgan fingerprint density at radius 1 is 1.35 bits per heavy atom. The lowest BCUT2D eigenvalue weighted by Gasteiger charge is -2.30. The molecule has 1 saturated heterocycles. The van der Waals surface area contributed by atoms with Crippen LogP contribution >= 0.6 is 27.7 Å². The summed E-state index contributed by atoms with van der Waals surface area (Å²) in [7, 11) is 0. The Labute approximate surface area is 112 Å². The summed E-state index contributed by atoms with van der Waals surface area (Å²) in [4.78, 5) is 0. The van der Waals surface area contributed by atoms with E-state index in [2.05, 4.69) is 28.2 Å². The molecule has 0 spiro atoms. The quantitative estimate of drug-likeness (QED) is 0.809. The molecule has 1 nitrogen and oxygen atoms in total. The van der Waals surface area contributed by atoms with Crippen LogP contribution in [0.2, 0.25) is 0 Å². The zero-order valence-electron chi connectivity index (χ0n) is 9.47. The molecule has 0 radical (unpaired) electrons. The summed E-state index contributed by atoms with van der Waals surface area (Å²) < 4.78 is 27.2. The van der Waals surface area contributed by atoms with Crippen LogP contribution in [0, 0.1) is 11.6 Å². The molecule has 0 amide bonds. The number of benzene rings is 1. The van der Waals surface area contributed by atoms with E-state index in [1.807, 2.05) is 11.8 Å². The van der Waals surface area contributed by atoms with Crippen molar-refractivity contribution in [2.24, 2.45) is 0 Å². The molecule has 2 atom stereocenters. The number of thioether (sulfide) groups is 1. The molecular formula is C12H14BrF2NS. The standard InChI is InChI=1S/C12H14BrF2NS/c1-7-11(3-2-4-17-7)16-12-6-9(14)8(13)5-10(12)15/h5-7,11,16H,2-4H2,1H3. The Morgan fingerprint density at radius 3 is 2.82 bits per heavy atom. The first kappa shape index (κ1) is 13.1. The van der Waals surface area contributed by atoms with Crippen molar-refractivity contribution < 1.29 is 8.78 Å². The lowest BCUT2D eigenvalue weighted by atomic mass is 10.1. The van der Waals surface area contributed by atoms with Gasteiger partial charge in [-0.15, -0.1) is 0 Å². The monoisotopic (exact) mass is 321 g/mol. The number of rotatable bonds is 2. The summed E-state index contributed by atoms with van der Waals surface area (Å²) in [6, 6.07) is 2.59. The third kappa shape index (κ3) is 3.13. The summed E-state index contributed by atoms with van der Waals surface area (Å²) in [6.45, 7) is 2.12. The topological polar surface area (TPSA) is 12.0 Å². The van der Waals surface area contributed by atoms with Gasteiger partial charge >= 0.3 is 0 Å². The molecule has 0 aromatic heterocycles. The van der Waals surface area contributed by atoms with E-state index in [9.17, 15) is 8.78 Å². The van der Waals surface area contributed by atoms with Gasteiger partial charge in [-0.25, -0.2) is 8.78 Å². The van der Waals surface area contributed by atoms with Crippen molar-refractivity contribution in [1.29, 1.82) is 0 Å². The minimum atomic E-state index is -0.440. The highest BCUT2D eigenvalue weighted by Gasteiger charge is 2.22. The van der Waals surface area contributed by atoms with Gasteiger partial charge in [0.05, 0.1) is 10.2 Å². The van der Waals surface area contributed by atoms with Gasteiger partial charge in [0.2, 0.25) is 0 Å². The molecule has 2 rings (SSSR count). The van der Waals surface area contributed by atoms with Crippen molar-refractivity contribution in [1.82, 2.24) is 0 Å². The lowest BCUT2D eigenvalue weighted by Crippen LogP contribution is -2.33. The molecule has 2 unspecified atom stereocenters. The van der Waals surface area contributed by atoms with Crippen LogP contribution < -0.4 is 5.32 Å². The smallest absolute Gasteiger partial charge is 0.147 e. The molecule has 94 valence electrons. The lowest BCUT2D eigenvalue weighted by molar-refractivity contribution is 0.581. The fourth-order valence-corrected chi connectivity index (χ4v) is 3.40. The third-order valence-corrected chi connectivity index (χ3v) is 4.94. The van der Waals surface area contributed by atoms with Gasteiger partial charge in [-0.1, -0.05) is 6.92 Å². The van der Waals surface area contributed by atoms with Crippen LogP contribution in [-0.2, 0) is 0 Å². The normalized spacial score (nSPS) is 24.7. The van der Waals surface area contributed by atoms with Gasteiger partial charge in [0.15, 0.2) is 0 Å². The Bertz CT molecular complexity index is 414. The molecule has 1 aliphatic heterocycles. The highest BCUT2D eigenvalue weighted by molar-refractivity contribution is 9.10. The number of nitrogens with one attached hydrogen (secondary N) is 1. The maximum absolute atomic E-state index is 13.6. The SMILES string of the molecule is CC1SCCCC1Nc1cc(F)c(Br)cc1F. The van der Waals surface area contributed by atoms with E-state index in [1.165, 1.54) is 6.07 Å². The van der Waals surface area contributed by atoms with E-state index in [4.69, 9.17) is 0 Å². The van der Waals surface area contributed by atoms with Crippen molar-refractivity contribution in [2.75, 3.05) is 11.1 Å². The number of halogens is 3. The second-order valence-corrected chi connectivity index (χ2v) is 6.55. The second-order valence-electron chi connectivity index (χ2n) is 4.22. The Balaban J connectivity index is 2.15. The summed E-state index contributed by atoms with van der Waals surface area (Å²) in [6.07, 6.45) is 2.12. The molecular weight excluding hydrogens is 308 g/mol. The predicted molar refractivity (Wildman–Crippen MR) is 72.6 cm³/mol. The van der Waals surface area contributed by atoms with E-state index in [0.29, 0.717) is 5.25 Å². The molecule has 0 aliphatic carbocycles. The van der Waals surface area contributed by atoms with Crippen LogP contribution in [-0.4, -0.2) is 17.0 Å². The van der Waals surface area contributed by atoms with Crippen LogP contribution in [0.15, 0.2) is 16.6 Å². The largest absolute Gasteiger partial charge is 0.379 e. The van der Waals surface area contributed by atoms with Gasteiger partial charge in [-0.3, -0.25) is 0 Å². The third-order valence-electron chi connectivity index (χ3n) is 2.96. The minimum absolute atomic E-state index is 0.159. The van der Waals surface area contributed by atoms with Gasteiger partial charge in [0.1, 0.15) is 11.6 Å². The molecule has 5 heteroatoms. The molecule has 17 heavy (non-hydrogen) atoms. The highest BCUT2D eigenvalue weighted by Crippen LogP contribution is 2.30. The van der Waals surface area contributed by atoms with Crippen LogP contribution in [0.3, 0.4) is 0 Å². The Kier molecular flexibility index (Phi) is 4.31. The summed E-state index contributed by atoms with van der Waals surface area (Å²) in [5, 5.41) is 3.54. The molecule has 1 aromatic carbocycles. The maximum Gasteiger partial charge on any atom is 0.147 e. The van der Waals surface area contributed by atoms with Crippen molar-refractivity contribution in [3.63, 3.8) is 0 Å². The second kappa shape index (κ2) is 5.57. The zero-order valence-corrected chi connectivity index (χ0v) is 11.9. The highest BCUT2D eigenvalue weighted by atomic mass is 79.9. The minimum Gasteiger partial charge on any atom is -0.379 e. The van der Waals surface area contributed by atoms with E-state index < -0.39 is 11.6 Å². The van der Waals surface area contributed by atoms with Gasteiger partial charge in [-0.05, 0) is 40.6 Å². The molecule has 1 N–H and O–H groups in total. The van der Waals surface area contributed by atoms with Crippen molar-refractivity contribution >= 4 is 33.4 Å². The van der Waals surface area contributed by atoms with E-state index in [0.717, 1.165) is 24.7 Å². The average Bonchev–Trinajstić information content (AvgIpc) is 2.29. The first-order chi connectivity index (χ1) is 8.08. The van der Waals surface area contributed by atoms with Crippen molar-refractivity contribution in [3.8, 4) is 0 Å². The van der Waals surface area contributed by atoms with Crippen molar-refractivity contribution in [2.45, 2.75) is 31.1 Å². The van der Waals surface area contributed by atoms with E-state index in [1.54, 1.807) is 0 Å². The summed E-state index contributed by atoms with van der Waals surface area (Å²) >= 11 is 4.84. The van der Waals surface area contributed by atoms with Gasteiger partial charge in [-0.2, -0.15) is 11.8 Å². The zero-order chi connectivity index (χ0) is 12.4. The Morgan fingerprint density at radius 2 is 2.12 bits per heavy atom. The van der Waals surface area contributed by atoms with Crippen molar-refractivity contribution in [3.05, 3.63) is 28.2 Å². The average molecular weight is 322 g/mol. The van der Waals surface area contributed by atoms with Gasteiger partial charge in [0.25, 0.3) is 0 Å². The fraction of sp³-hybridized carbons (Fsp3) is 0.500.